The van der Waals surface area contributed by atoms with Gasteiger partial charge in [0, 0.05) is 16.5 Å². The van der Waals surface area contributed by atoms with Gasteiger partial charge in [-0.25, -0.2) is 4.98 Å². The molecule has 0 radical (unpaired) electrons. The van der Waals surface area contributed by atoms with Gasteiger partial charge in [0.1, 0.15) is 0 Å². The second kappa shape index (κ2) is 5.84. The molecule has 0 aliphatic rings. The van der Waals surface area contributed by atoms with Crippen molar-refractivity contribution in [3.05, 3.63) is 41.9 Å². The Kier molecular flexibility index (Phi) is 4.17. The van der Waals surface area contributed by atoms with Crippen molar-refractivity contribution in [2.24, 2.45) is 0 Å². The number of carbonyl (C=O) groups is 1. The predicted molar refractivity (Wildman–Crippen MR) is 72.5 cm³/mol. The zero-order valence-corrected chi connectivity index (χ0v) is 10.9. The molecule has 0 fully saturated rings. The van der Waals surface area contributed by atoms with Crippen molar-refractivity contribution in [2.75, 3.05) is 5.32 Å². The minimum atomic E-state index is -0.138. The quantitative estimate of drug-likeness (QED) is 0.862. The van der Waals surface area contributed by atoms with Gasteiger partial charge >= 0.3 is 0 Å². The van der Waals surface area contributed by atoms with Crippen LogP contribution >= 0.6 is 23.1 Å². The van der Waals surface area contributed by atoms with Crippen molar-refractivity contribution in [1.82, 2.24) is 4.98 Å². The van der Waals surface area contributed by atoms with Crippen molar-refractivity contribution in [1.29, 1.82) is 0 Å². The van der Waals surface area contributed by atoms with Gasteiger partial charge in [0.15, 0.2) is 5.13 Å². The molecule has 1 amide bonds. The molecular formula is C12H12N2OS2. The molecule has 0 aliphatic carbocycles. The van der Waals surface area contributed by atoms with E-state index in [1.54, 1.807) is 6.20 Å². The second-order valence-electron chi connectivity index (χ2n) is 3.40. The summed E-state index contributed by atoms with van der Waals surface area (Å²) >= 11 is 2.96. The minimum Gasteiger partial charge on any atom is -0.301 e. The molecule has 1 aromatic carbocycles. The molecule has 0 aliphatic heterocycles. The Morgan fingerprint density at radius 3 is 2.82 bits per heavy atom. The van der Waals surface area contributed by atoms with Crippen LogP contribution in [0.5, 0.6) is 0 Å². The van der Waals surface area contributed by atoms with Gasteiger partial charge in [-0.2, -0.15) is 0 Å². The summed E-state index contributed by atoms with van der Waals surface area (Å²) in [5.41, 5.74) is 0. The fourth-order valence-electron chi connectivity index (χ4n) is 1.25. The number of hydrogen-bond donors (Lipinski definition) is 1. The highest BCUT2D eigenvalue weighted by molar-refractivity contribution is 8.00. The third-order valence-corrected chi connectivity index (χ3v) is 3.89. The highest BCUT2D eigenvalue weighted by Crippen LogP contribution is 2.23. The zero-order valence-electron chi connectivity index (χ0n) is 9.29. The summed E-state index contributed by atoms with van der Waals surface area (Å²) < 4.78 is 0. The molecule has 88 valence electrons. The van der Waals surface area contributed by atoms with Gasteiger partial charge in [0.2, 0.25) is 5.91 Å². The first-order valence-corrected chi connectivity index (χ1v) is 6.93. The largest absolute Gasteiger partial charge is 0.301 e. The van der Waals surface area contributed by atoms with Crippen LogP contribution in [0.2, 0.25) is 0 Å². The van der Waals surface area contributed by atoms with E-state index in [-0.39, 0.29) is 11.2 Å². The number of nitrogens with zero attached hydrogens (tertiary/aromatic N) is 1. The Labute approximate surface area is 108 Å². The minimum absolute atomic E-state index is 0.0196. The van der Waals surface area contributed by atoms with E-state index in [0.717, 1.165) is 4.90 Å². The maximum Gasteiger partial charge on any atom is 0.239 e. The Hall–Kier alpha value is -1.33. The van der Waals surface area contributed by atoms with E-state index in [0.29, 0.717) is 5.13 Å². The summed E-state index contributed by atoms with van der Waals surface area (Å²) in [5.74, 6) is -0.0196. The van der Waals surface area contributed by atoms with Crippen molar-refractivity contribution in [3.8, 4) is 0 Å². The SMILES string of the molecule is C[C@@H](Sc1ccccc1)C(=O)Nc1nccs1. The molecule has 5 heteroatoms. The molecule has 0 saturated heterocycles. The van der Waals surface area contributed by atoms with Crippen molar-refractivity contribution < 1.29 is 4.79 Å². The summed E-state index contributed by atoms with van der Waals surface area (Å²) in [6, 6.07) is 9.89. The standard InChI is InChI=1S/C12H12N2OS2/c1-9(17-10-5-3-2-4-6-10)11(15)14-12-13-7-8-16-12/h2-9H,1H3,(H,13,14,15)/t9-/m1/s1. The predicted octanol–water partition coefficient (Wildman–Crippen LogP) is 3.26. The fourth-order valence-corrected chi connectivity index (χ4v) is 2.67. The van der Waals surface area contributed by atoms with Crippen LogP contribution < -0.4 is 5.32 Å². The van der Waals surface area contributed by atoms with Crippen LogP contribution in [0.15, 0.2) is 46.8 Å². The molecule has 0 bridgehead atoms. The fraction of sp³-hybridized carbons (Fsp3) is 0.167. The third kappa shape index (κ3) is 3.57. The van der Waals surface area contributed by atoms with Crippen LogP contribution in [-0.4, -0.2) is 16.1 Å². The summed E-state index contributed by atoms with van der Waals surface area (Å²) in [7, 11) is 0. The van der Waals surface area contributed by atoms with E-state index in [4.69, 9.17) is 0 Å². The van der Waals surface area contributed by atoms with Crippen molar-refractivity contribution in [3.63, 3.8) is 0 Å². The second-order valence-corrected chi connectivity index (χ2v) is 5.71. The first-order valence-electron chi connectivity index (χ1n) is 5.18. The lowest BCUT2D eigenvalue weighted by Crippen LogP contribution is -2.22. The highest BCUT2D eigenvalue weighted by Gasteiger charge is 2.15. The van der Waals surface area contributed by atoms with Gasteiger partial charge in [-0.1, -0.05) is 18.2 Å². The van der Waals surface area contributed by atoms with Gasteiger partial charge in [-0.3, -0.25) is 4.79 Å². The Morgan fingerprint density at radius 1 is 1.41 bits per heavy atom. The van der Waals surface area contributed by atoms with Gasteiger partial charge in [0.25, 0.3) is 0 Å². The summed E-state index contributed by atoms with van der Waals surface area (Å²) in [6.45, 7) is 1.89. The molecule has 0 spiro atoms. The summed E-state index contributed by atoms with van der Waals surface area (Å²) in [5, 5.41) is 5.14. The number of anilines is 1. The molecule has 1 heterocycles. The van der Waals surface area contributed by atoms with Crippen LogP contribution in [0.1, 0.15) is 6.92 Å². The zero-order chi connectivity index (χ0) is 12.1. The lowest BCUT2D eigenvalue weighted by atomic mass is 10.4. The highest BCUT2D eigenvalue weighted by atomic mass is 32.2. The number of carbonyl (C=O) groups excluding carboxylic acids is 1. The molecule has 2 aromatic rings. The maximum atomic E-state index is 11.8. The van der Waals surface area contributed by atoms with E-state index in [9.17, 15) is 4.79 Å². The van der Waals surface area contributed by atoms with E-state index >= 15 is 0 Å². The molecule has 2 rings (SSSR count). The number of benzene rings is 1. The van der Waals surface area contributed by atoms with E-state index in [1.807, 2.05) is 42.6 Å². The lowest BCUT2D eigenvalue weighted by molar-refractivity contribution is -0.115. The number of hydrogen-bond acceptors (Lipinski definition) is 4. The number of nitrogens with one attached hydrogen (secondary N) is 1. The van der Waals surface area contributed by atoms with Crippen LogP contribution in [-0.2, 0) is 4.79 Å². The van der Waals surface area contributed by atoms with Gasteiger partial charge in [0.05, 0.1) is 5.25 Å². The summed E-state index contributed by atoms with van der Waals surface area (Å²) in [6.07, 6.45) is 1.68. The van der Waals surface area contributed by atoms with Gasteiger partial charge < -0.3 is 5.32 Å². The molecule has 1 atom stereocenters. The molecule has 1 aromatic heterocycles. The Bertz CT molecular complexity index is 471. The Morgan fingerprint density at radius 2 is 2.18 bits per heavy atom. The molecule has 0 saturated carbocycles. The molecule has 1 N–H and O–H groups in total. The van der Waals surface area contributed by atoms with E-state index < -0.39 is 0 Å². The van der Waals surface area contributed by atoms with Crippen LogP contribution in [0.3, 0.4) is 0 Å². The van der Waals surface area contributed by atoms with Crippen LogP contribution in [0, 0.1) is 0 Å². The number of thioether (sulfide) groups is 1. The number of aromatic nitrogens is 1. The monoisotopic (exact) mass is 264 g/mol. The Balaban J connectivity index is 1.92. The van der Waals surface area contributed by atoms with Crippen molar-refractivity contribution in [2.45, 2.75) is 17.1 Å². The smallest absolute Gasteiger partial charge is 0.239 e. The number of thiazole rings is 1. The molecule has 17 heavy (non-hydrogen) atoms. The first-order chi connectivity index (χ1) is 8.25. The normalized spacial score (nSPS) is 12.1. The number of amides is 1. The van der Waals surface area contributed by atoms with Gasteiger partial charge in [-0.15, -0.1) is 23.1 Å². The molecule has 3 nitrogen and oxygen atoms in total. The molecule has 0 unspecified atom stereocenters. The van der Waals surface area contributed by atoms with Crippen LogP contribution in [0.4, 0.5) is 5.13 Å². The topological polar surface area (TPSA) is 42.0 Å². The average molecular weight is 264 g/mol. The van der Waals surface area contributed by atoms with E-state index in [2.05, 4.69) is 10.3 Å². The number of rotatable bonds is 4. The van der Waals surface area contributed by atoms with Gasteiger partial charge in [-0.05, 0) is 19.1 Å². The van der Waals surface area contributed by atoms with Crippen molar-refractivity contribution >= 4 is 34.1 Å². The third-order valence-electron chi connectivity index (χ3n) is 2.09. The average Bonchev–Trinajstić information content (AvgIpc) is 2.83. The maximum absolute atomic E-state index is 11.8. The first kappa shape index (κ1) is 12.1. The molecular weight excluding hydrogens is 252 g/mol. The summed E-state index contributed by atoms with van der Waals surface area (Å²) in [4.78, 5) is 17.0. The lowest BCUT2D eigenvalue weighted by Gasteiger charge is -2.10. The van der Waals surface area contributed by atoms with E-state index in [1.165, 1.54) is 23.1 Å². The van der Waals surface area contributed by atoms with Crippen LogP contribution in [0.25, 0.3) is 0 Å².